The molecule has 1 heterocycles. The van der Waals surface area contributed by atoms with Crippen molar-refractivity contribution in [2.24, 2.45) is 7.05 Å². The Bertz CT molecular complexity index is 748. The van der Waals surface area contributed by atoms with Crippen molar-refractivity contribution in [3.05, 3.63) is 41.2 Å². The van der Waals surface area contributed by atoms with E-state index in [1.165, 1.54) is 6.08 Å². The number of anilines is 1. The molecule has 0 aliphatic carbocycles. The van der Waals surface area contributed by atoms with Gasteiger partial charge in [0.25, 0.3) is 0 Å². The SMILES string of the molecule is COc1ccc(NC(=O)/C=C/c2c(C)nn(C)c2C)cc1OC. The lowest BCUT2D eigenvalue weighted by molar-refractivity contribution is -0.111. The van der Waals surface area contributed by atoms with E-state index in [0.717, 1.165) is 17.0 Å². The summed E-state index contributed by atoms with van der Waals surface area (Å²) in [6.45, 7) is 3.88. The lowest BCUT2D eigenvalue weighted by Gasteiger charge is -2.09. The minimum absolute atomic E-state index is 0.222. The second kappa shape index (κ2) is 7.00. The van der Waals surface area contributed by atoms with Crippen LogP contribution in [-0.2, 0) is 11.8 Å². The van der Waals surface area contributed by atoms with Gasteiger partial charge in [-0.05, 0) is 32.1 Å². The lowest BCUT2D eigenvalue weighted by atomic mass is 10.2. The standard InChI is InChI=1S/C17H21N3O3/c1-11-14(12(2)20(3)19-11)7-9-17(21)18-13-6-8-15(22-4)16(10-13)23-5/h6-10H,1-5H3,(H,18,21)/b9-7+. The van der Waals surface area contributed by atoms with Crippen LogP contribution in [0.4, 0.5) is 5.69 Å². The number of carbonyl (C=O) groups excluding carboxylic acids is 1. The van der Waals surface area contributed by atoms with Crippen LogP contribution in [-0.4, -0.2) is 29.9 Å². The van der Waals surface area contributed by atoms with Crippen molar-refractivity contribution in [1.29, 1.82) is 0 Å². The number of nitrogens with zero attached hydrogens (tertiary/aromatic N) is 2. The molecule has 2 aromatic rings. The fraction of sp³-hybridized carbons (Fsp3) is 0.294. The maximum absolute atomic E-state index is 12.1. The minimum Gasteiger partial charge on any atom is -0.493 e. The van der Waals surface area contributed by atoms with Crippen molar-refractivity contribution in [2.75, 3.05) is 19.5 Å². The number of amides is 1. The second-order valence-corrected chi connectivity index (χ2v) is 5.10. The molecule has 23 heavy (non-hydrogen) atoms. The molecule has 0 aliphatic heterocycles. The Kier molecular flexibility index (Phi) is 5.05. The number of methoxy groups -OCH3 is 2. The van der Waals surface area contributed by atoms with Gasteiger partial charge in [0.2, 0.25) is 5.91 Å². The zero-order valence-corrected chi connectivity index (χ0v) is 14.0. The fourth-order valence-electron chi connectivity index (χ4n) is 2.29. The molecule has 0 radical (unpaired) electrons. The Morgan fingerprint density at radius 2 is 1.91 bits per heavy atom. The first-order chi connectivity index (χ1) is 11.0. The van der Waals surface area contributed by atoms with Crippen molar-refractivity contribution >= 4 is 17.7 Å². The molecule has 1 aromatic heterocycles. The zero-order valence-electron chi connectivity index (χ0n) is 14.0. The number of aryl methyl sites for hydroxylation is 2. The van der Waals surface area contributed by atoms with Crippen LogP contribution in [0, 0.1) is 13.8 Å². The molecule has 0 saturated heterocycles. The van der Waals surface area contributed by atoms with Crippen molar-refractivity contribution in [2.45, 2.75) is 13.8 Å². The molecule has 0 aliphatic rings. The van der Waals surface area contributed by atoms with Gasteiger partial charge in [-0.3, -0.25) is 9.48 Å². The largest absolute Gasteiger partial charge is 0.493 e. The van der Waals surface area contributed by atoms with Gasteiger partial charge in [0, 0.05) is 36.1 Å². The Balaban J connectivity index is 2.12. The maximum atomic E-state index is 12.1. The van der Waals surface area contributed by atoms with E-state index in [0.29, 0.717) is 17.2 Å². The van der Waals surface area contributed by atoms with Gasteiger partial charge in [0.1, 0.15) is 0 Å². The summed E-state index contributed by atoms with van der Waals surface area (Å²) in [4.78, 5) is 12.1. The summed E-state index contributed by atoms with van der Waals surface area (Å²) in [7, 11) is 5.00. The molecule has 1 N–H and O–H groups in total. The summed E-state index contributed by atoms with van der Waals surface area (Å²) in [5, 5.41) is 7.11. The first-order valence-corrected chi connectivity index (χ1v) is 7.17. The summed E-state index contributed by atoms with van der Waals surface area (Å²) in [5.41, 5.74) is 3.49. The predicted octanol–water partition coefficient (Wildman–Crippen LogP) is 2.71. The highest BCUT2D eigenvalue weighted by Gasteiger charge is 2.08. The van der Waals surface area contributed by atoms with Crippen LogP contribution in [0.5, 0.6) is 11.5 Å². The van der Waals surface area contributed by atoms with Crippen LogP contribution in [0.3, 0.4) is 0 Å². The van der Waals surface area contributed by atoms with Crippen LogP contribution in [0.15, 0.2) is 24.3 Å². The highest BCUT2D eigenvalue weighted by Crippen LogP contribution is 2.29. The summed E-state index contributed by atoms with van der Waals surface area (Å²) in [6, 6.07) is 5.21. The van der Waals surface area contributed by atoms with Gasteiger partial charge < -0.3 is 14.8 Å². The van der Waals surface area contributed by atoms with Crippen molar-refractivity contribution in [1.82, 2.24) is 9.78 Å². The number of hydrogen-bond donors (Lipinski definition) is 1. The molecule has 6 heteroatoms. The normalized spacial score (nSPS) is 10.8. The lowest BCUT2D eigenvalue weighted by Crippen LogP contribution is -2.08. The Morgan fingerprint density at radius 1 is 1.22 bits per heavy atom. The van der Waals surface area contributed by atoms with E-state index in [1.807, 2.05) is 20.9 Å². The molecule has 0 saturated carbocycles. The number of ether oxygens (including phenoxy) is 2. The van der Waals surface area contributed by atoms with E-state index < -0.39 is 0 Å². The molecular formula is C17H21N3O3. The van der Waals surface area contributed by atoms with Crippen molar-refractivity contribution in [3.8, 4) is 11.5 Å². The molecule has 2 rings (SSSR count). The monoisotopic (exact) mass is 315 g/mol. The Labute approximate surface area is 135 Å². The molecule has 6 nitrogen and oxygen atoms in total. The van der Waals surface area contributed by atoms with Crippen LogP contribution in [0.2, 0.25) is 0 Å². The third-order valence-corrected chi connectivity index (χ3v) is 3.62. The first kappa shape index (κ1) is 16.6. The van der Waals surface area contributed by atoms with Crippen LogP contribution in [0.25, 0.3) is 6.08 Å². The molecular weight excluding hydrogens is 294 g/mol. The van der Waals surface area contributed by atoms with Gasteiger partial charge in [0.15, 0.2) is 11.5 Å². The molecule has 0 fully saturated rings. The number of rotatable bonds is 5. The van der Waals surface area contributed by atoms with Crippen LogP contribution >= 0.6 is 0 Å². The topological polar surface area (TPSA) is 65.4 Å². The highest BCUT2D eigenvalue weighted by atomic mass is 16.5. The van der Waals surface area contributed by atoms with E-state index >= 15 is 0 Å². The van der Waals surface area contributed by atoms with E-state index in [-0.39, 0.29) is 5.91 Å². The number of benzene rings is 1. The smallest absolute Gasteiger partial charge is 0.248 e. The van der Waals surface area contributed by atoms with E-state index in [9.17, 15) is 4.79 Å². The van der Waals surface area contributed by atoms with Crippen molar-refractivity contribution < 1.29 is 14.3 Å². The molecule has 0 spiro atoms. The summed E-state index contributed by atoms with van der Waals surface area (Å²) >= 11 is 0. The molecule has 0 atom stereocenters. The predicted molar refractivity (Wildman–Crippen MR) is 89.9 cm³/mol. The average Bonchev–Trinajstić information content (AvgIpc) is 2.78. The van der Waals surface area contributed by atoms with Gasteiger partial charge in [-0.15, -0.1) is 0 Å². The van der Waals surface area contributed by atoms with E-state index in [4.69, 9.17) is 9.47 Å². The highest BCUT2D eigenvalue weighted by molar-refractivity contribution is 6.02. The fourth-order valence-corrected chi connectivity index (χ4v) is 2.29. The van der Waals surface area contributed by atoms with Gasteiger partial charge in [-0.2, -0.15) is 5.10 Å². The van der Waals surface area contributed by atoms with Gasteiger partial charge >= 0.3 is 0 Å². The van der Waals surface area contributed by atoms with Crippen molar-refractivity contribution in [3.63, 3.8) is 0 Å². The first-order valence-electron chi connectivity index (χ1n) is 7.17. The number of aromatic nitrogens is 2. The Hall–Kier alpha value is -2.76. The second-order valence-electron chi connectivity index (χ2n) is 5.10. The number of carbonyl (C=O) groups is 1. The van der Waals surface area contributed by atoms with E-state index in [1.54, 1.807) is 43.2 Å². The third-order valence-electron chi connectivity index (χ3n) is 3.62. The molecule has 0 unspecified atom stereocenters. The average molecular weight is 315 g/mol. The minimum atomic E-state index is -0.222. The molecule has 1 aromatic carbocycles. The van der Waals surface area contributed by atoms with Gasteiger partial charge in [-0.25, -0.2) is 0 Å². The molecule has 122 valence electrons. The summed E-state index contributed by atoms with van der Waals surface area (Å²) in [5.74, 6) is 0.954. The molecule has 0 bridgehead atoms. The van der Waals surface area contributed by atoms with Crippen LogP contribution in [0.1, 0.15) is 17.0 Å². The zero-order chi connectivity index (χ0) is 17.0. The Morgan fingerprint density at radius 3 is 2.48 bits per heavy atom. The van der Waals surface area contributed by atoms with E-state index in [2.05, 4.69) is 10.4 Å². The summed E-state index contributed by atoms with van der Waals surface area (Å²) < 4.78 is 12.2. The number of nitrogens with one attached hydrogen (secondary N) is 1. The quantitative estimate of drug-likeness (QED) is 0.862. The summed E-state index contributed by atoms with van der Waals surface area (Å²) in [6.07, 6.45) is 3.27. The number of hydrogen-bond acceptors (Lipinski definition) is 4. The van der Waals surface area contributed by atoms with Gasteiger partial charge in [0.05, 0.1) is 19.9 Å². The van der Waals surface area contributed by atoms with Gasteiger partial charge in [-0.1, -0.05) is 0 Å². The molecule has 1 amide bonds. The third kappa shape index (κ3) is 3.71. The van der Waals surface area contributed by atoms with Crippen LogP contribution < -0.4 is 14.8 Å². The maximum Gasteiger partial charge on any atom is 0.248 e.